The van der Waals surface area contributed by atoms with Gasteiger partial charge in [-0.25, -0.2) is 8.78 Å². The minimum Gasteiger partial charge on any atom is -0.381 e. The molecule has 110 valence electrons. The van der Waals surface area contributed by atoms with Crippen LogP contribution in [-0.2, 0) is 11.3 Å². The van der Waals surface area contributed by atoms with E-state index >= 15 is 0 Å². The molecule has 0 heterocycles. The number of hydrogen-bond donors (Lipinski definition) is 2. The summed E-state index contributed by atoms with van der Waals surface area (Å²) < 4.78 is 26.8. The van der Waals surface area contributed by atoms with Gasteiger partial charge in [0.2, 0.25) is 5.91 Å². The highest BCUT2D eigenvalue weighted by Crippen LogP contribution is 2.21. The first-order valence-electron chi connectivity index (χ1n) is 6.20. The maximum absolute atomic E-state index is 13.5. The van der Waals surface area contributed by atoms with Crippen LogP contribution in [0, 0.1) is 11.6 Å². The average Bonchev–Trinajstić information content (AvgIpc) is 2.43. The van der Waals surface area contributed by atoms with Crippen LogP contribution < -0.4 is 10.6 Å². The summed E-state index contributed by atoms with van der Waals surface area (Å²) in [5.41, 5.74) is 1.40. The predicted octanol–water partition coefficient (Wildman–Crippen LogP) is 4.19. The van der Waals surface area contributed by atoms with Gasteiger partial charge >= 0.3 is 0 Å². The molecule has 0 atom stereocenters. The van der Waals surface area contributed by atoms with Gasteiger partial charge in [0, 0.05) is 19.2 Å². The van der Waals surface area contributed by atoms with Crippen molar-refractivity contribution >= 4 is 28.9 Å². The molecule has 0 saturated carbocycles. The summed E-state index contributed by atoms with van der Waals surface area (Å²) in [6, 6.07) is 8.75. The van der Waals surface area contributed by atoms with Gasteiger partial charge < -0.3 is 10.6 Å². The Morgan fingerprint density at radius 2 is 1.90 bits per heavy atom. The second-order valence-corrected chi connectivity index (χ2v) is 4.89. The van der Waals surface area contributed by atoms with E-state index in [-0.39, 0.29) is 16.6 Å². The second-order valence-electron chi connectivity index (χ2n) is 4.48. The van der Waals surface area contributed by atoms with Gasteiger partial charge in [-0.05, 0) is 35.9 Å². The van der Waals surface area contributed by atoms with Crippen molar-refractivity contribution in [3.05, 3.63) is 58.6 Å². The first kappa shape index (κ1) is 15.3. The Morgan fingerprint density at radius 1 is 1.14 bits per heavy atom. The summed E-state index contributed by atoms with van der Waals surface area (Å²) in [5.74, 6) is -1.37. The lowest BCUT2D eigenvalue weighted by Crippen LogP contribution is -2.08. The van der Waals surface area contributed by atoms with Gasteiger partial charge in [-0.1, -0.05) is 17.7 Å². The highest BCUT2D eigenvalue weighted by Gasteiger charge is 2.06. The van der Waals surface area contributed by atoms with Gasteiger partial charge in [0.05, 0.1) is 10.7 Å². The lowest BCUT2D eigenvalue weighted by Gasteiger charge is -2.10. The quantitative estimate of drug-likeness (QED) is 0.889. The minimum absolute atomic E-state index is 0.0634. The second kappa shape index (κ2) is 6.54. The third-order valence-corrected chi connectivity index (χ3v) is 3.06. The van der Waals surface area contributed by atoms with Crippen molar-refractivity contribution in [3.8, 4) is 0 Å². The average molecular weight is 311 g/mol. The third-order valence-electron chi connectivity index (χ3n) is 2.76. The number of amides is 1. The molecule has 0 saturated heterocycles. The van der Waals surface area contributed by atoms with Crippen molar-refractivity contribution in [1.29, 1.82) is 0 Å². The van der Waals surface area contributed by atoms with Crippen molar-refractivity contribution < 1.29 is 13.6 Å². The molecule has 2 N–H and O–H groups in total. The largest absolute Gasteiger partial charge is 0.381 e. The molecule has 0 fully saturated rings. The molecule has 1 amide bonds. The van der Waals surface area contributed by atoms with Gasteiger partial charge in [0.25, 0.3) is 0 Å². The van der Waals surface area contributed by atoms with Crippen molar-refractivity contribution in [2.75, 3.05) is 10.6 Å². The number of hydrogen-bond acceptors (Lipinski definition) is 2. The predicted molar refractivity (Wildman–Crippen MR) is 79.4 cm³/mol. The van der Waals surface area contributed by atoms with E-state index in [1.54, 1.807) is 6.07 Å². The molecule has 0 aliphatic heterocycles. The number of benzene rings is 2. The fourth-order valence-corrected chi connectivity index (χ4v) is 1.89. The zero-order chi connectivity index (χ0) is 15.4. The zero-order valence-corrected chi connectivity index (χ0v) is 12.0. The molecule has 2 aromatic rings. The topological polar surface area (TPSA) is 41.1 Å². The maximum atomic E-state index is 13.5. The number of nitrogens with one attached hydrogen (secondary N) is 2. The molecule has 2 aromatic carbocycles. The highest BCUT2D eigenvalue weighted by molar-refractivity contribution is 6.30. The fraction of sp³-hybridized carbons (Fsp3) is 0.133. The number of rotatable bonds is 4. The van der Waals surface area contributed by atoms with Crippen molar-refractivity contribution in [2.24, 2.45) is 0 Å². The lowest BCUT2D eigenvalue weighted by atomic mass is 10.2. The molecule has 0 spiro atoms. The molecule has 0 radical (unpaired) electrons. The van der Waals surface area contributed by atoms with Crippen LogP contribution in [0.4, 0.5) is 20.2 Å². The van der Waals surface area contributed by atoms with Crippen LogP contribution in [0.25, 0.3) is 0 Å². The van der Waals surface area contributed by atoms with E-state index in [1.807, 2.05) is 0 Å². The monoisotopic (exact) mass is 310 g/mol. The van der Waals surface area contributed by atoms with Crippen LogP contribution in [0.1, 0.15) is 12.5 Å². The molecule has 2 rings (SSSR count). The first-order valence-corrected chi connectivity index (χ1v) is 6.58. The van der Waals surface area contributed by atoms with Crippen LogP contribution in [0.2, 0.25) is 5.02 Å². The van der Waals surface area contributed by atoms with Crippen LogP contribution in [0.3, 0.4) is 0 Å². The van der Waals surface area contributed by atoms with Gasteiger partial charge in [0.15, 0.2) is 0 Å². The number of carbonyl (C=O) groups excluding carboxylic acids is 1. The molecule has 0 aromatic heterocycles. The Morgan fingerprint density at radius 3 is 2.57 bits per heavy atom. The van der Waals surface area contributed by atoms with E-state index in [1.165, 1.54) is 37.3 Å². The number of halogens is 3. The lowest BCUT2D eigenvalue weighted by molar-refractivity contribution is -0.114. The SMILES string of the molecule is CC(=O)Nc1cc(NCc2ccc(Cl)c(F)c2)ccc1F. The van der Waals surface area contributed by atoms with E-state index < -0.39 is 11.6 Å². The summed E-state index contributed by atoms with van der Waals surface area (Å²) in [6.07, 6.45) is 0. The van der Waals surface area contributed by atoms with E-state index in [9.17, 15) is 13.6 Å². The molecule has 6 heteroatoms. The van der Waals surface area contributed by atoms with Gasteiger partial charge in [-0.3, -0.25) is 4.79 Å². The Labute approximate surface area is 125 Å². The van der Waals surface area contributed by atoms with Crippen LogP contribution in [0.5, 0.6) is 0 Å². The Bertz CT molecular complexity index is 677. The van der Waals surface area contributed by atoms with Crippen LogP contribution >= 0.6 is 11.6 Å². The highest BCUT2D eigenvalue weighted by atomic mass is 35.5. The summed E-state index contributed by atoms with van der Waals surface area (Å²) in [4.78, 5) is 11.0. The van der Waals surface area contributed by atoms with Crippen LogP contribution in [-0.4, -0.2) is 5.91 Å². The maximum Gasteiger partial charge on any atom is 0.221 e. The van der Waals surface area contributed by atoms with Crippen molar-refractivity contribution in [2.45, 2.75) is 13.5 Å². The summed E-state index contributed by atoms with van der Waals surface area (Å²) in [5, 5.41) is 5.48. The van der Waals surface area contributed by atoms with Crippen molar-refractivity contribution in [3.63, 3.8) is 0 Å². The molecule has 0 aliphatic rings. The molecular formula is C15H13ClF2N2O. The van der Waals surface area contributed by atoms with E-state index in [4.69, 9.17) is 11.6 Å². The molecule has 0 aliphatic carbocycles. The fourth-order valence-electron chi connectivity index (χ4n) is 1.77. The Hall–Kier alpha value is -2.14. The smallest absolute Gasteiger partial charge is 0.221 e. The molecule has 3 nitrogen and oxygen atoms in total. The van der Waals surface area contributed by atoms with E-state index in [0.29, 0.717) is 17.8 Å². The molecular weight excluding hydrogens is 298 g/mol. The van der Waals surface area contributed by atoms with Gasteiger partial charge in [-0.2, -0.15) is 0 Å². The summed E-state index contributed by atoms with van der Waals surface area (Å²) in [7, 11) is 0. The summed E-state index contributed by atoms with van der Waals surface area (Å²) >= 11 is 5.61. The molecule has 21 heavy (non-hydrogen) atoms. The van der Waals surface area contributed by atoms with E-state index in [2.05, 4.69) is 10.6 Å². The van der Waals surface area contributed by atoms with Crippen LogP contribution in [0.15, 0.2) is 36.4 Å². The zero-order valence-electron chi connectivity index (χ0n) is 11.2. The summed E-state index contributed by atoms with van der Waals surface area (Å²) in [6.45, 7) is 1.65. The van der Waals surface area contributed by atoms with E-state index in [0.717, 1.165) is 0 Å². The normalized spacial score (nSPS) is 10.3. The molecule has 0 bridgehead atoms. The van der Waals surface area contributed by atoms with Crippen molar-refractivity contribution in [1.82, 2.24) is 0 Å². The first-order chi connectivity index (χ1) is 9.95. The third kappa shape index (κ3) is 4.16. The number of carbonyl (C=O) groups is 1. The van der Waals surface area contributed by atoms with Gasteiger partial charge in [0.1, 0.15) is 11.6 Å². The Balaban J connectivity index is 2.09. The Kier molecular flexibility index (Phi) is 4.75. The molecule has 0 unspecified atom stereocenters. The van der Waals surface area contributed by atoms with Gasteiger partial charge in [-0.15, -0.1) is 0 Å². The minimum atomic E-state index is -0.520. The standard InChI is InChI=1S/C15H13ClF2N2O/c1-9(21)20-15-7-11(3-5-13(15)17)19-8-10-2-4-12(16)14(18)6-10/h2-7,19H,8H2,1H3,(H,20,21). The number of anilines is 2.